The molecule has 2 atom stereocenters. The smallest absolute Gasteiger partial charge is 0.226 e. The Bertz CT molecular complexity index is 790. The summed E-state index contributed by atoms with van der Waals surface area (Å²) in [7, 11) is 0. The van der Waals surface area contributed by atoms with Crippen LogP contribution >= 0.6 is 0 Å². The van der Waals surface area contributed by atoms with Crippen LogP contribution in [0.25, 0.3) is 0 Å². The third-order valence-electron chi connectivity index (χ3n) is 7.77. The van der Waals surface area contributed by atoms with Crippen LogP contribution in [0.3, 0.4) is 0 Å². The van der Waals surface area contributed by atoms with Crippen LogP contribution in [0.2, 0.25) is 0 Å². The Morgan fingerprint density at radius 1 is 0.793 bits per heavy atom. The van der Waals surface area contributed by atoms with Crippen LogP contribution in [0, 0.1) is 23.7 Å². The van der Waals surface area contributed by atoms with Crippen molar-refractivity contribution in [2.24, 2.45) is 23.7 Å². The molecule has 1 amide bonds. The maximum Gasteiger partial charge on any atom is 0.226 e. The van der Waals surface area contributed by atoms with E-state index in [9.17, 15) is 9.90 Å². The maximum absolute atomic E-state index is 13.1. The van der Waals surface area contributed by atoms with Gasteiger partial charge < -0.3 is 10.0 Å². The van der Waals surface area contributed by atoms with Crippen molar-refractivity contribution >= 4 is 5.91 Å². The van der Waals surface area contributed by atoms with Gasteiger partial charge in [0.2, 0.25) is 5.91 Å². The minimum Gasteiger partial charge on any atom is -0.380 e. The van der Waals surface area contributed by atoms with Crippen LogP contribution in [-0.2, 0) is 10.4 Å². The van der Waals surface area contributed by atoms with Gasteiger partial charge in [-0.25, -0.2) is 0 Å². The van der Waals surface area contributed by atoms with Crippen molar-refractivity contribution in [2.75, 3.05) is 13.1 Å². The first-order valence-corrected chi connectivity index (χ1v) is 11.3. The minimum atomic E-state index is -1.01. The summed E-state index contributed by atoms with van der Waals surface area (Å²) in [5, 5.41) is 12.0. The van der Waals surface area contributed by atoms with E-state index in [1.54, 1.807) is 0 Å². The largest absolute Gasteiger partial charge is 0.380 e. The van der Waals surface area contributed by atoms with Crippen LogP contribution in [-0.4, -0.2) is 29.0 Å². The first kappa shape index (κ1) is 18.9. The molecule has 0 spiro atoms. The predicted octanol–water partition coefficient (Wildman–Crippen LogP) is 4.60. The normalized spacial score (nSPS) is 27.3. The number of benzene rings is 2. The summed E-state index contributed by atoms with van der Waals surface area (Å²) in [5.41, 5.74) is 0.888. The highest BCUT2D eigenvalue weighted by Crippen LogP contribution is 2.56. The zero-order valence-corrected chi connectivity index (χ0v) is 17.0. The second-order valence-corrected chi connectivity index (χ2v) is 9.24. The van der Waals surface area contributed by atoms with E-state index in [1.807, 2.05) is 60.7 Å². The zero-order valence-electron chi connectivity index (χ0n) is 17.0. The van der Waals surface area contributed by atoms with E-state index in [2.05, 4.69) is 4.90 Å². The van der Waals surface area contributed by atoms with Gasteiger partial charge >= 0.3 is 0 Å². The molecule has 1 heterocycles. The van der Waals surface area contributed by atoms with Crippen molar-refractivity contribution in [2.45, 2.75) is 44.1 Å². The Kier molecular flexibility index (Phi) is 4.95. The van der Waals surface area contributed by atoms with Gasteiger partial charge in [0.05, 0.1) is 0 Å². The molecule has 152 valence electrons. The predicted molar refractivity (Wildman–Crippen MR) is 114 cm³/mol. The molecule has 3 heteroatoms. The molecule has 0 bridgehead atoms. The van der Waals surface area contributed by atoms with Crippen LogP contribution in [0.1, 0.15) is 49.7 Å². The highest BCUT2D eigenvalue weighted by Gasteiger charge is 2.56. The number of hydrogen-bond donors (Lipinski definition) is 1. The van der Waals surface area contributed by atoms with Crippen LogP contribution in [0.5, 0.6) is 0 Å². The molecule has 2 aromatic carbocycles. The van der Waals surface area contributed by atoms with Gasteiger partial charge in [0.25, 0.3) is 0 Å². The average molecular weight is 390 g/mol. The SMILES string of the molecule is O=C(C1[C@@H]2CCCC[C@@H]12)N1CCC(C(O)(c2ccccc2)c2ccccc2)CC1. The van der Waals surface area contributed by atoms with Gasteiger partial charge in [-0.1, -0.05) is 73.5 Å². The summed E-state index contributed by atoms with van der Waals surface area (Å²) in [6.45, 7) is 1.53. The Hall–Kier alpha value is -2.13. The lowest BCUT2D eigenvalue weighted by molar-refractivity contribution is -0.136. The van der Waals surface area contributed by atoms with Crippen LogP contribution in [0.4, 0.5) is 0 Å². The number of aliphatic hydroxyl groups is 1. The van der Waals surface area contributed by atoms with Gasteiger partial charge in [-0.15, -0.1) is 0 Å². The molecule has 2 aromatic rings. The number of carbonyl (C=O) groups is 1. The quantitative estimate of drug-likeness (QED) is 0.830. The molecule has 29 heavy (non-hydrogen) atoms. The van der Waals surface area contributed by atoms with E-state index in [0.717, 1.165) is 37.1 Å². The molecule has 0 radical (unpaired) electrons. The van der Waals surface area contributed by atoms with Crippen molar-refractivity contribution in [3.63, 3.8) is 0 Å². The van der Waals surface area contributed by atoms with Crippen molar-refractivity contribution in [3.8, 4) is 0 Å². The van der Waals surface area contributed by atoms with E-state index < -0.39 is 5.60 Å². The lowest BCUT2D eigenvalue weighted by atomic mass is 9.72. The summed E-state index contributed by atoms with van der Waals surface area (Å²) in [6.07, 6.45) is 6.78. The van der Waals surface area contributed by atoms with Crippen molar-refractivity contribution < 1.29 is 9.90 Å². The number of amides is 1. The zero-order chi connectivity index (χ0) is 19.8. The Balaban J connectivity index is 1.33. The van der Waals surface area contributed by atoms with Gasteiger partial charge in [-0.2, -0.15) is 0 Å². The fourth-order valence-electron chi connectivity index (χ4n) is 6.11. The van der Waals surface area contributed by atoms with Gasteiger partial charge in [-0.05, 0) is 54.6 Å². The second kappa shape index (κ2) is 7.60. The number of piperidine rings is 1. The number of likely N-dealkylation sites (tertiary alicyclic amines) is 1. The summed E-state index contributed by atoms with van der Waals surface area (Å²) in [6, 6.07) is 20.1. The molecule has 3 nitrogen and oxygen atoms in total. The molecule has 0 aromatic heterocycles. The van der Waals surface area contributed by atoms with Gasteiger partial charge in [0.15, 0.2) is 0 Å². The molecule has 1 saturated heterocycles. The van der Waals surface area contributed by atoms with Crippen molar-refractivity contribution in [1.29, 1.82) is 0 Å². The summed E-state index contributed by atoms with van der Waals surface area (Å²) >= 11 is 0. The first-order chi connectivity index (χ1) is 14.2. The molecule has 0 unspecified atom stereocenters. The number of hydrogen-bond acceptors (Lipinski definition) is 2. The molecular formula is C26H31NO2. The third kappa shape index (κ3) is 3.30. The number of fused-ring (bicyclic) bond motifs is 1. The molecule has 3 fully saturated rings. The molecule has 2 saturated carbocycles. The minimum absolute atomic E-state index is 0.109. The fourth-order valence-corrected chi connectivity index (χ4v) is 6.11. The molecular weight excluding hydrogens is 358 g/mol. The molecule has 3 aliphatic rings. The summed E-state index contributed by atoms with van der Waals surface area (Å²) < 4.78 is 0. The summed E-state index contributed by atoms with van der Waals surface area (Å²) in [4.78, 5) is 15.2. The maximum atomic E-state index is 13.1. The lowest BCUT2D eigenvalue weighted by Gasteiger charge is -2.42. The standard InChI is InChI=1S/C26H31NO2/c28-25(24-22-13-7-8-14-23(22)24)27-17-15-21(16-18-27)26(29,19-9-3-1-4-10-19)20-11-5-2-6-12-20/h1-6,9-12,21-24,29H,7-8,13-18H2/t22-,23-/m1/s1. The van der Waals surface area contributed by atoms with E-state index in [4.69, 9.17) is 0 Å². The lowest BCUT2D eigenvalue weighted by Crippen LogP contribution is -2.46. The average Bonchev–Trinajstić information content (AvgIpc) is 3.54. The van der Waals surface area contributed by atoms with Crippen molar-refractivity contribution in [3.05, 3.63) is 71.8 Å². The molecule has 5 rings (SSSR count). The van der Waals surface area contributed by atoms with Gasteiger partial charge in [0, 0.05) is 19.0 Å². The Morgan fingerprint density at radius 3 is 1.76 bits per heavy atom. The van der Waals surface area contributed by atoms with E-state index in [-0.39, 0.29) is 5.92 Å². The fraction of sp³-hybridized carbons (Fsp3) is 0.500. The number of rotatable bonds is 4. The van der Waals surface area contributed by atoms with E-state index in [0.29, 0.717) is 23.7 Å². The Labute approximate surface area is 173 Å². The summed E-state index contributed by atoms with van der Waals surface area (Å²) in [5.74, 6) is 2.14. The Morgan fingerprint density at radius 2 is 1.28 bits per heavy atom. The first-order valence-electron chi connectivity index (χ1n) is 11.3. The van der Waals surface area contributed by atoms with E-state index in [1.165, 1.54) is 25.7 Å². The number of carbonyl (C=O) groups excluding carboxylic acids is 1. The molecule has 1 N–H and O–H groups in total. The van der Waals surface area contributed by atoms with Crippen molar-refractivity contribution in [1.82, 2.24) is 4.90 Å². The monoisotopic (exact) mass is 389 g/mol. The van der Waals surface area contributed by atoms with Crippen LogP contribution in [0.15, 0.2) is 60.7 Å². The number of nitrogens with zero attached hydrogens (tertiary/aromatic N) is 1. The topological polar surface area (TPSA) is 40.5 Å². The highest BCUT2D eigenvalue weighted by molar-refractivity contribution is 5.82. The molecule has 2 aliphatic carbocycles. The molecule has 1 aliphatic heterocycles. The highest BCUT2D eigenvalue weighted by atomic mass is 16.3. The second-order valence-electron chi connectivity index (χ2n) is 9.24. The third-order valence-corrected chi connectivity index (χ3v) is 7.77. The van der Waals surface area contributed by atoms with Crippen LogP contribution < -0.4 is 0 Å². The van der Waals surface area contributed by atoms with Gasteiger partial charge in [-0.3, -0.25) is 4.79 Å². The van der Waals surface area contributed by atoms with E-state index >= 15 is 0 Å². The van der Waals surface area contributed by atoms with Gasteiger partial charge in [0.1, 0.15) is 5.60 Å².